The molecule has 2 aromatic carbocycles. The van der Waals surface area contributed by atoms with Crippen molar-refractivity contribution in [3.8, 4) is 11.4 Å². The molecule has 0 bridgehead atoms. The molecular weight excluding hydrogens is 399 g/mol. The lowest BCUT2D eigenvalue weighted by Crippen LogP contribution is -2.08. The summed E-state index contributed by atoms with van der Waals surface area (Å²) >= 11 is 3.28. The summed E-state index contributed by atoms with van der Waals surface area (Å²) in [4.78, 5) is 12.1. The molecule has 1 aromatic heterocycles. The highest BCUT2D eigenvalue weighted by atomic mass is 79.9. The molecule has 0 aliphatic rings. The molecule has 0 aliphatic carbocycles. The Morgan fingerprint density at radius 1 is 1.31 bits per heavy atom. The monoisotopic (exact) mass is 414 g/mol. The molecular formula is C19H16BrFN4O. The van der Waals surface area contributed by atoms with Crippen LogP contribution in [-0.2, 0) is 11.3 Å². The second kappa shape index (κ2) is 8.05. The molecule has 1 amide bonds. The van der Waals surface area contributed by atoms with Gasteiger partial charge in [0, 0.05) is 33.9 Å². The van der Waals surface area contributed by atoms with E-state index in [9.17, 15) is 9.18 Å². The summed E-state index contributed by atoms with van der Waals surface area (Å²) in [5, 5.41) is 10.8. The van der Waals surface area contributed by atoms with Gasteiger partial charge in [0.25, 0.3) is 0 Å². The first-order valence-corrected chi connectivity index (χ1v) is 8.78. The lowest BCUT2D eigenvalue weighted by Gasteiger charge is -2.06. The van der Waals surface area contributed by atoms with Gasteiger partial charge in [-0.1, -0.05) is 28.1 Å². The molecule has 132 valence electrons. The smallest absolute Gasteiger partial charge is 0.248 e. The summed E-state index contributed by atoms with van der Waals surface area (Å²) < 4.78 is 16.4. The Morgan fingerprint density at radius 3 is 2.96 bits per heavy atom. The SMILES string of the molecule is CCn1cnnc1-c1cccc(NC(=O)/C=C/c2cc(Br)ccc2F)c1. The second-order valence-corrected chi connectivity index (χ2v) is 6.43. The van der Waals surface area contributed by atoms with Crippen LogP contribution in [0.5, 0.6) is 0 Å². The highest BCUT2D eigenvalue weighted by Crippen LogP contribution is 2.21. The van der Waals surface area contributed by atoms with Gasteiger partial charge in [0.2, 0.25) is 5.91 Å². The third kappa shape index (κ3) is 4.23. The predicted molar refractivity (Wildman–Crippen MR) is 103 cm³/mol. The lowest BCUT2D eigenvalue weighted by atomic mass is 10.1. The van der Waals surface area contributed by atoms with E-state index in [4.69, 9.17) is 0 Å². The van der Waals surface area contributed by atoms with Crippen LogP contribution in [0.1, 0.15) is 12.5 Å². The Hall–Kier alpha value is -2.80. The fourth-order valence-electron chi connectivity index (χ4n) is 2.44. The maximum absolute atomic E-state index is 13.7. The van der Waals surface area contributed by atoms with E-state index in [1.807, 2.05) is 29.7 Å². The fourth-order valence-corrected chi connectivity index (χ4v) is 2.82. The maximum Gasteiger partial charge on any atom is 0.248 e. The average molecular weight is 415 g/mol. The highest BCUT2D eigenvalue weighted by Gasteiger charge is 2.07. The maximum atomic E-state index is 13.7. The van der Waals surface area contributed by atoms with Crippen LogP contribution in [0.4, 0.5) is 10.1 Å². The van der Waals surface area contributed by atoms with Gasteiger partial charge in [0.05, 0.1) is 0 Å². The molecule has 1 heterocycles. The number of rotatable bonds is 5. The summed E-state index contributed by atoms with van der Waals surface area (Å²) in [5.74, 6) is -0.00742. The van der Waals surface area contributed by atoms with Crippen LogP contribution in [-0.4, -0.2) is 20.7 Å². The number of hydrogen-bond donors (Lipinski definition) is 1. The summed E-state index contributed by atoms with van der Waals surface area (Å²) in [5.41, 5.74) is 1.81. The van der Waals surface area contributed by atoms with Gasteiger partial charge in [-0.05, 0) is 43.3 Å². The van der Waals surface area contributed by atoms with Crippen molar-refractivity contribution in [2.45, 2.75) is 13.5 Å². The molecule has 0 saturated carbocycles. The normalized spacial score (nSPS) is 11.0. The molecule has 3 aromatic rings. The number of amides is 1. The molecule has 0 spiro atoms. The fraction of sp³-hybridized carbons (Fsp3) is 0.105. The van der Waals surface area contributed by atoms with Crippen LogP contribution >= 0.6 is 15.9 Å². The van der Waals surface area contributed by atoms with Crippen LogP contribution in [0.25, 0.3) is 17.5 Å². The Morgan fingerprint density at radius 2 is 2.15 bits per heavy atom. The van der Waals surface area contributed by atoms with E-state index in [0.717, 1.165) is 22.4 Å². The van der Waals surface area contributed by atoms with Gasteiger partial charge >= 0.3 is 0 Å². The number of nitrogens with zero attached hydrogens (tertiary/aromatic N) is 3. The van der Waals surface area contributed by atoms with E-state index >= 15 is 0 Å². The Labute approximate surface area is 158 Å². The van der Waals surface area contributed by atoms with Gasteiger partial charge in [-0.25, -0.2) is 4.39 Å². The summed E-state index contributed by atoms with van der Waals surface area (Å²) in [6.07, 6.45) is 4.40. The minimum absolute atomic E-state index is 0.333. The minimum atomic E-state index is -0.391. The zero-order chi connectivity index (χ0) is 18.5. The number of hydrogen-bond acceptors (Lipinski definition) is 3. The molecule has 0 fully saturated rings. The van der Waals surface area contributed by atoms with Crippen molar-refractivity contribution in [3.05, 3.63) is 70.7 Å². The first-order chi connectivity index (χ1) is 12.6. The zero-order valence-corrected chi connectivity index (χ0v) is 15.6. The van der Waals surface area contributed by atoms with E-state index in [-0.39, 0.29) is 5.91 Å². The van der Waals surface area contributed by atoms with E-state index in [1.165, 1.54) is 18.2 Å². The first kappa shape index (κ1) is 18.0. The molecule has 0 unspecified atom stereocenters. The first-order valence-electron chi connectivity index (χ1n) is 7.99. The van der Waals surface area contributed by atoms with Gasteiger partial charge in [-0.3, -0.25) is 4.79 Å². The molecule has 5 nitrogen and oxygen atoms in total. The van der Waals surface area contributed by atoms with Crippen LogP contribution in [0.2, 0.25) is 0 Å². The van der Waals surface area contributed by atoms with Gasteiger partial charge in [-0.15, -0.1) is 10.2 Å². The van der Waals surface area contributed by atoms with Gasteiger partial charge < -0.3 is 9.88 Å². The molecule has 0 saturated heterocycles. The standard InChI is InChI=1S/C19H16BrFN4O/c1-2-25-12-22-24-19(25)14-4-3-5-16(11-14)23-18(26)9-6-13-10-15(20)7-8-17(13)21/h3-12H,2H2,1H3,(H,23,26)/b9-6+. The Kier molecular flexibility index (Phi) is 5.58. The molecule has 0 aliphatic heterocycles. The number of carbonyl (C=O) groups is 1. The molecule has 0 radical (unpaired) electrons. The Balaban J connectivity index is 1.75. The number of halogens is 2. The highest BCUT2D eigenvalue weighted by molar-refractivity contribution is 9.10. The number of aryl methyl sites for hydroxylation is 1. The average Bonchev–Trinajstić information content (AvgIpc) is 3.11. The van der Waals surface area contributed by atoms with Crippen LogP contribution in [0, 0.1) is 5.82 Å². The van der Waals surface area contributed by atoms with E-state index in [2.05, 4.69) is 31.4 Å². The van der Waals surface area contributed by atoms with E-state index < -0.39 is 5.82 Å². The number of anilines is 1. The number of aromatic nitrogens is 3. The van der Waals surface area contributed by atoms with Crippen molar-refractivity contribution in [1.29, 1.82) is 0 Å². The van der Waals surface area contributed by atoms with Crippen molar-refractivity contribution >= 4 is 33.6 Å². The van der Waals surface area contributed by atoms with Crippen LogP contribution in [0.3, 0.4) is 0 Å². The number of benzene rings is 2. The molecule has 3 rings (SSSR count). The van der Waals surface area contributed by atoms with Crippen molar-refractivity contribution in [3.63, 3.8) is 0 Å². The third-order valence-electron chi connectivity index (χ3n) is 3.72. The van der Waals surface area contributed by atoms with Crippen molar-refractivity contribution < 1.29 is 9.18 Å². The predicted octanol–water partition coefficient (Wildman–Crippen LogP) is 4.52. The number of carbonyl (C=O) groups excluding carboxylic acids is 1. The van der Waals surface area contributed by atoms with Crippen molar-refractivity contribution in [1.82, 2.24) is 14.8 Å². The van der Waals surface area contributed by atoms with E-state index in [1.54, 1.807) is 24.5 Å². The Bertz CT molecular complexity index is 968. The van der Waals surface area contributed by atoms with E-state index in [0.29, 0.717) is 11.3 Å². The van der Waals surface area contributed by atoms with Gasteiger partial charge in [-0.2, -0.15) is 0 Å². The number of nitrogens with one attached hydrogen (secondary N) is 1. The van der Waals surface area contributed by atoms with Crippen molar-refractivity contribution in [2.75, 3.05) is 5.32 Å². The topological polar surface area (TPSA) is 59.8 Å². The van der Waals surface area contributed by atoms with Crippen molar-refractivity contribution in [2.24, 2.45) is 0 Å². The summed E-state index contributed by atoms with van der Waals surface area (Å²) in [7, 11) is 0. The second-order valence-electron chi connectivity index (χ2n) is 5.51. The minimum Gasteiger partial charge on any atom is -0.322 e. The molecule has 7 heteroatoms. The molecule has 26 heavy (non-hydrogen) atoms. The zero-order valence-electron chi connectivity index (χ0n) is 14.0. The van der Waals surface area contributed by atoms with Crippen LogP contribution in [0.15, 0.2) is 59.3 Å². The van der Waals surface area contributed by atoms with Gasteiger partial charge in [0.15, 0.2) is 5.82 Å². The van der Waals surface area contributed by atoms with Gasteiger partial charge in [0.1, 0.15) is 12.1 Å². The molecule has 1 N–H and O–H groups in total. The summed E-state index contributed by atoms with van der Waals surface area (Å²) in [6.45, 7) is 2.75. The largest absolute Gasteiger partial charge is 0.322 e. The summed E-state index contributed by atoms with van der Waals surface area (Å²) in [6, 6.07) is 11.9. The lowest BCUT2D eigenvalue weighted by molar-refractivity contribution is -0.111. The quantitative estimate of drug-likeness (QED) is 0.624. The molecule has 0 atom stereocenters. The van der Waals surface area contributed by atoms with Crippen LogP contribution < -0.4 is 5.32 Å². The third-order valence-corrected chi connectivity index (χ3v) is 4.21.